The third-order valence-corrected chi connectivity index (χ3v) is 11.6. The van der Waals surface area contributed by atoms with Crippen LogP contribution in [0.25, 0.3) is 10.9 Å². The van der Waals surface area contributed by atoms with Gasteiger partial charge in [0.2, 0.25) is 15.9 Å². The first-order valence-electron chi connectivity index (χ1n) is 18.1. The fraction of sp³-hybridized carbons (Fsp3) is 0.375. The van der Waals surface area contributed by atoms with E-state index in [2.05, 4.69) is 15.5 Å². The molecule has 4 amide bonds. The average Bonchev–Trinajstić information content (AvgIpc) is 3.42. The Hall–Kier alpha value is -5.18. The first-order valence-corrected chi connectivity index (χ1v) is 19.5. The van der Waals surface area contributed by atoms with E-state index >= 15 is 0 Å². The SMILES string of the molecule is CCC(C)C(C(=O)N[C@@H](Cc1ccccc1)[C@H](O)CN(CC(C)C)S(=O)(=O)c1ccc(/C=N/O)cc1)N1CC(=O)N(Cc2ccnc3ccccc23)C1=O. The third-order valence-electron chi connectivity index (χ3n) is 9.71. The minimum atomic E-state index is -4.11. The molecule has 3 aromatic carbocycles. The molecule has 1 saturated heterocycles. The summed E-state index contributed by atoms with van der Waals surface area (Å²) in [5.41, 5.74) is 2.78. The van der Waals surface area contributed by atoms with Crippen LogP contribution in [-0.2, 0) is 32.6 Å². The largest absolute Gasteiger partial charge is 0.411 e. The summed E-state index contributed by atoms with van der Waals surface area (Å²) in [4.78, 5) is 48.6. The summed E-state index contributed by atoms with van der Waals surface area (Å²) in [5.74, 6) is -1.46. The van der Waals surface area contributed by atoms with Gasteiger partial charge in [-0.05, 0) is 59.2 Å². The van der Waals surface area contributed by atoms with Gasteiger partial charge in [0.1, 0.15) is 12.6 Å². The summed E-state index contributed by atoms with van der Waals surface area (Å²) in [7, 11) is -4.11. The lowest BCUT2D eigenvalue weighted by atomic mass is 9.95. The zero-order valence-corrected chi connectivity index (χ0v) is 31.8. The van der Waals surface area contributed by atoms with Crippen LogP contribution in [0.15, 0.2) is 101 Å². The number of benzene rings is 3. The Bertz CT molecular complexity index is 2050. The van der Waals surface area contributed by atoms with Gasteiger partial charge in [0, 0.05) is 24.7 Å². The molecule has 5 rings (SSSR count). The van der Waals surface area contributed by atoms with E-state index < -0.39 is 46.1 Å². The molecule has 4 atom stereocenters. The zero-order chi connectivity index (χ0) is 39.0. The van der Waals surface area contributed by atoms with E-state index in [4.69, 9.17) is 5.21 Å². The van der Waals surface area contributed by atoms with Crippen LogP contribution in [0.5, 0.6) is 0 Å². The number of hydrogen-bond donors (Lipinski definition) is 3. The number of amides is 4. The van der Waals surface area contributed by atoms with Crippen molar-refractivity contribution in [3.63, 3.8) is 0 Å². The van der Waals surface area contributed by atoms with Gasteiger partial charge in [-0.1, -0.05) is 99.9 Å². The van der Waals surface area contributed by atoms with E-state index in [1.165, 1.54) is 39.7 Å². The lowest BCUT2D eigenvalue weighted by molar-refractivity contribution is -0.129. The number of aliphatic hydroxyl groups is 1. The van der Waals surface area contributed by atoms with E-state index in [0.29, 0.717) is 12.0 Å². The standard InChI is InChI=1S/C40H48N6O7S/c1-5-28(4)38(46-26-37(48)45(40(46)50)24-31-19-20-41-34-14-10-9-13-33(31)34)39(49)43-35(21-29-11-7-6-8-12-29)36(47)25-44(23-27(2)3)54(52,53)32-17-15-30(16-18-32)22-42-51/h6-20,22,27-28,35-36,38,47,51H,5,21,23-26H2,1-4H3,(H,43,49)/b42-22+/t28?,35-,36+,38?/m0/s1. The lowest BCUT2D eigenvalue weighted by Crippen LogP contribution is -2.57. The van der Waals surface area contributed by atoms with E-state index in [9.17, 15) is 27.9 Å². The van der Waals surface area contributed by atoms with Crippen molar-refractivity contribution >= 4 is 45.0 Å². The predicted molar refractivity (Wildman–Crippen MR) is 205 cm³/mol. The minimum absolute atomic E-state index is 0.00699. The number of oxime groups is 1. The van der Waals surface area contributed by atoms with Crippen molar-refractivity contribution in [3.05, 3.63) is 108 Å². The number of sulfonamides is 1. The van der Waals surface area contributed by atoms with Crippen LogP contribution in [0.1, 0.15) is 50.8 Å². The Morgan fingerprint density at radius 1 is 0.981 bits per heavy atom. The number of urea groups is 1. The molecule has 0 spiro atoms. The molecule has 0 aliphatic carbocycles. The van der Waals surface area contributed by atoms with Gasteiger partial charge in [-0.2, -0.15) is 4.31 Å². The van der Waals surface area contributed by atoms with Gasteiger partial charge in [0.05, 0.1) is 35.3 Å². The summed E-state index contributed by atoms with van der Waals surface area (Å²) in [6.45, 7) is 6.93. The molecule has 0 radical (unpaired) electrons. The molecule has 13 nitrogen and oxygen atoms in total. The number of carbonyl (C=O) groups is 3. The third kappa shape index (κ3) is 9.30. The van der Waals surface area contributed by atoms with Crippen LogP contribution in [0.3, 0.4) is 0 Å². The van der Waals surface area contributed by atoms with E-state index in [-0.39, 0.29) is 49.3 Å². The van der Waals surface area contributed by atoms with Crippen molar-refractivity contribution in [3.8, 4) is 0 Å². The van der Waals surface area contributed by atoms with Crippen LogP contribution in [0.4, 0.5) is 4.79 Å². The highest BCUT2D eigenvalue weighted by Crippen LogP contribution is 2.26. The normalized spacial score (nSPS) is 16.1. The number of imide groups is 1. The second-order valence-corrected chi connectivity index (χ2v) is 16.0. The number of nitrogens with one attached hydrogen (secondary N) is 1. The number of rotatable bonds is 17. The van der Waals surface area contributed by atoms with E-state index in [1.54, 1.807) is 12.3 Å². The maximum atomic E-state index is 14.4. The molecular formula is C40H48N6O7S. The Kier molecular flexibility index (Phi) is 13.2. The van der Waals surface area contributed by atoms with Crippen LogP contribution in [0, 0.1) is 11.8 Å². The molecule has 54 heavy (non-hydrogen) atoms. The smallest absolute Gasteiger partial charge is 0.328 e. The Balaban J connectivity index is 1.41. The van der Waals surface area contributed by atoms with Gasteiger partial charge in [0.15, 0.2) is 0 Å². The summed E-state index contributed by atoms with van der Waals surface area (Å²) in [5, 5.41) is 27.5. The first-order chi connectivity index (χ1) is 25.8. The number of carbonyl (C=O) groups excluding carboxylic acids is 3. The molecule has 0 bridgehead atoms. The molecule has 1 aliphatic rings. The highest BCUT2D eigenvalue weighted by Gasteiger charge is 2.45. The van der Waals surface area contributed by atoms with Crippen molar-refractivity contribution in [2.75, 3.05) is 19.6 Å². The van der Waals surface area contributed by atoms with Gasteiger partial charge in [-0.15, -0.1) is 0 Å². The lowest BCUT2D eigenvalue weighted by Gasteiger charge is -2.34. The summed E-state index contributed by atoms with van der Waals surface area (Å²) < 4.78 is 29.1. The quantitative estimate of drug-likeness (QED) is 0.0604. The second-order valence-electron chi connectivity index (χ2n) is 14.1. The summed E-state index contributed by atoms with van der Waals surface area (Å²) in [6, 6.07) is 21.7. The number of aromatic nitrogens is 1. The number of aliphatic hydroxyl groups excluding tert-OH is 1. The first kappa shape index (κ1) is 40.0. The van der Waals surface area contributed by atoms with Crippen LogP contribution in [-0.4, -0.2) is 99.7 Å². The maximum Gasteiger partial charge on any atom is 0.328 e. The Labute approximate surface area is 316 Å². The van der Waals surface area contributed by atoms with Gasteiger partial charge in [-0.3, -0.25) is 19.5 Å². The molecule has 1 aromatic heterocycles. The number of para-hydroxylation sites is 1. The van der Waals surface area contributed by atoms with E-state index in [1.807, 2.05) is 82.3 Å². The van der Waals surface area contributed by atoms with Gasteiger partial charge in [-0.25, -0.2) is 13.2 Å². The topological polar surface area (TPSA) is 173 Å². The van der Waals surface area contributed by atoms with Crippen molar-refractivity contribution < 1.29 is 33.1 Å². The minimum Gasteiger partial charge on any atom is -0.411 e. The van der Waals surface area contributed by atoms with Crippen molar-refractivity contribution in [2.45, 2.75) is 70.2 Å². The van der Waals surface area contributed by atoms with Gasteiger partial charge in [0.25, 0.3) is 5.91 Å². The molecule has 14 heteroatoms. The molecular weight excluding hydrogens is 709 g/mol. The molecule has 4 aromatic rings. The second kappa shape index (κ2) is 17.8. The maximum absolute atomic E-state index is 14.4. The zero-order valence-electron chi connectivity index (χ0n) is 30.9. The molecule has 2 heterocycles. The van der Waals surface area contributed by atoms with Crippen LogP contribution < -0.4 is 5.32 Å². The molecule has 286 valence electrons. The summed E-state index contributed by atoms with van der Waals surface area (Å²) >= 11 is 0. The monoisotopic (exact) mass is 756 g/mol. The highest BCUT2D eigenvalue weighted by molar-refractivity contribution is 7.89. The Morgan fingerprint density at radius 3 is 2.33 bits per heavy atom. The summed E-state index contributed by atoms with van der Waals surface area (Å²) in [6.07, 6.45) is 2.13. The van der Waals surface area contributed by atoms with Crippen LogP contribution in [0.2, 0.25) is 0 Å². The molecule has 1 fully saturated rings. The number of hydrogen-bond acceptors (Lipinski definition) is 9. The highest BCUT2D eigenvalue weighted by atomic mass is 32.2. The van der Waals surface area contributed by atoms with Crippen LogP contribution >= 0.6 is 0 Å². The number of fused-ring (bicyclic) bond motifs is 1. The fourth-order valence-electron chi connectivity index (χ4n) is 6.70. The van der Waals surface area contributed by atoms with Crippen molar-refractivity contribution in [1.82, 2.24) is 24.4 Å². The Morgan fingerprint density at radius 2 is 1.67 bits per heavy atom. The predicted octanol–water partition coefficient (Wildman–Crippen LogP) is 4.66. The molecule has 2 unspecified atom stereocenters. The fourth-order valence-corrected chi connectivity index (χ4v) is 8.32. The molecule has 1 aliphatic heterocycles. The number of nitrogens with zero attached hydrogens (tertiary/aromatic N) is 5. The molecule has 0 saturated carbocycles. The van der Waals surface area contributed by atoms with Gasteiger partial charge < -0.3 is 20.5 Å². The van der Waals surface area contributed by atoms with Crippen molar-refractivity contribution in [2.24, 2.45) is 17.0 Å². The van der Waals surface area contributed by atoms with Crippen molar-refractivity contribution in [1.29, 1.82) is 0 Å². The number of pyridine rings is 1. The van der Waals surface area contributed by atoms with E-state index in [0.717, 1.165) is 26.9 Å². The molecule has 3 N–H and O–H groups in total. The van der Waals surface area contributed by atoms with Gasteiger partial charge >= 0.3 is 6.03 Å². The average molecular weight is 757 g/mol.